The van der Waals surface area contributed by atoms with Crippen LogP contribution in [0.3, 0.4) is 0 Å². The fraction of sp³-hybridized carbons (Fsp3) is 0.190. The molecule has 0 saturated heterocycles. The minimum Gasteiger partial charge on any atom is -0.496 e. The van der Waals surface area contributed by atoms with E-state index >= 15 is 0 Å². The van der Waals surface area contributed by atoms with Crippen molar-refractivity contribution < 1.29 is 9.15 Å². The lowest BCUT2D eigenvalue weighted by Crippen LogP contribution is -2.31. The molecule has 0 bridgehead atoms. The van der Waals surface area contributed by atoms with Crippen molar-refractivity contribution in [3.63, 3.8) is 0 Å². The van der Waals surface area contributed by atoms with Gasteiger partial charge in [-0.15, -0.1) is 0 Å². The molecule has 0 fully saturated rings. The Morgan fingerprint density at radius 1 is 1.17 bits per heavy atom. The van der Waals surface area contributed by atoms with Crippen LogP contribution >= 0.6 is 0 Å². The molecule has 3 aromatic rings. The van der Waals surface area contributed by atoms with Gasteiger partial charge in [0.1, 0.15) is 18.0 Å². The number of benzene rings is 1. The third kappa shape index (κ3) is 2.42. The Hall–Kier alpha value is -3.81. The van der Waals surface area contributed by atoms with E-state index in [1.54, 1.807) is 4.68 Å². The van der Waals surface area contributed by atoms with E-state index in [0.717, 1.165) is 46.6 Å². The fourth-order valence-electron chi connectivity index (χ4n) is 4.20. The SMILES string of the molecule is Cn1cc(C2=COCC3=C4C2=CN=C(c2ccc5oc(N)nc5c2)N4CC3)cn1. The number of oxazole rings is 1. The van der Waals surface area contributed by atoms with E-state index in [0.29, 0.717) is 12.2 Å². The van der Waals surface area contributed by atoms with Crippen LogP contribution in [0, 0.1) is 0 Å². The highest BCUT2D eigenvalue weighted by atomic mass is 16.5. The highest BCUT2D eigenvalue weighted by molar-refractivity contribution is 6.05. The average Bonchev–Trinajstić information content (AvgIpc) is 3.39. The summed E-state index contributed by atoms with van der Waals surface area (Å²) in [6.45, 7) is 1.45. The summed E-state index contributed by atoms with van der Waals surface area (Å²) in [4.78, 5) is 11.4. The lowest BCUT2D eigenvalue weighted by atomic mass is 9.96. The molecule has 0 amide bonds. The number of nitrogen functional groups attached to an aromatic ring is 1. The van der Waals surface area contributed by atoms with Crippen molar-refractivity contribution in [1.82, 2.24) is 19.7 Å². The number of aryl methyl sites for hydroxylation is 1. The summed E-state index contributed by atoms with van der Waals surface area (Å²) in [5.41, 5.74) is 13.6. The van der Waals surface area contributed by atoms with E-state index in [2.05, 4.69) is 15.0 Å². The molecule has 0 saturated carbocycles. The minimum absolute atomic E-state index is 0.170. The number of rotatable bonds is 2. The summed E-state index contributed by atoms with van der Waals surface area (Å²) >= 11 is 0. The maximum absolute atomic E-state index is 5.88. The minimum atomic E-state index is 0.170. The van der Waals surface area contributed by atoms with Gasteiger partial charge in [-0.05, 0) is 30.2 Å². The van der Waals surface area contributed by atoms with E-state index in [-0.39, 0.29) is 6.01 Å². The molecule has 5 heterocycles. The summed E-state index contributed by atoms with van der Waals surface area (Å²) in [5, 5.41) is 4.31. The first kappa shape index (κ1) is 16.2. The summed E-state index contributed by atoms with van der Waals surface area (Å²) in [6.07, 6.45) is 8.54. The zero-order valence-corrected chi connectivity index (χ0v) is 15.8. The first-order valence-corrected chi connectivity index (χ1v) is 9.43. The van der Waals surface area contributed by atoms with Gasteiger partial charge in [0.2, 0.25) is 0 Å². The molecule has 0 spiro atoms. The molecule has 0 atom stereocenters. The topological polar surface area (TPSA) is 94.7 Å². The van der Waals surface area contributed by atoms with Crippen molar-refractivity contribution in [3.05, 3.63) is 71.0 Å². The Bertz CT molecular complexity index is 1290. The molecule has 6 rings (SSSR count). The van der Waals surface area contributed by atoms with E-state index in [4.69, 9.17) is 19.9 Å². The van der Waals surface area contributed by atoms with Crippen LogP contribution in [0.5, 0.6) is 0 Å². The van der Waals surface area contributed by atoms with Gasteiger partial charge in [-0.25, -0.2) is 4.99 Å². The fourth-order valence-corrected chi connectivity index (χ4v) is 4.20. The van der Waals surface area contributed by atoms with Crippen LogP contribution in [0.1, 0.15) is 17.5 Å². The van der Waals surface area contributed by atoms with E-state index < -0.39 is 0 Å². The number of hydrogen-bond acceptors (Lipinski definition) is 7. The first-order valence-electron chi connectivity index (χ1n) is 9.43. The molecular weight excluding hydrogens is 368 g/mol. The quantitative estimate of drug-likeness (QED) is 0.728. The highest BCUT2D eigenvalue weighted by Gasteiger charge is 2.35. The molecule has 0 unspecified atom stereocenters. The predicted molar refractivity (Wildman–Crippen MR) is 109 cm³/mol. The Kier molecular flexibility index (Phi) is 3.26. The zero-order chi connectivity index (χ0) is 19.5. The van der Waals surface area contributed by atoms with E-state index in [1.807, 2.05) is 50.1 Å². The third-order valence-corrected chi connectivity index (χ3v) is 5.50. The standard InChI is InChI=1S/C21H18N6O2/c1-26-9-14(7-24-26)16-11-28-10-13-4-5-27-19(13)15(16)8-23-20(27)12-2-3-18-17(6-12)25-21(22)29-18/h2-3,6-9,11H,4-5,10H2,1H3,(H2,22,25). The Morgan fingerprint density at radius 2 is 2.10 bits per heavy atom. The number of hydrogen-bond donors (Lipinski definition) is 1. The summed E-state index contributed by atoms with van der Waals surface area (Å²) in [6, 6.07) is 6.02. The molecule has 29 heavy (non-hydrogen) atoms. The second-order valence-electron chi connectivity index (χ2n) is 7.33. The van der Waals surface area contributed by atoms with Crippen LogP contribution in [0.2, 0.25) is 0 Å². The van der Waals surface area contributed by atoms with Gasteiger partial charge in [-0.3, -0.25) is 4.68 Å². The second-order valence-corrected chi connectivity index (χ2v) is 7.33. The molecule has 8 heteroatoms. The van der Waals surface area contributed by atoms with Crippen LogP contribution in [0.15, 0.2) is 69.3 Å². The van der Waals surface area contributed by atoms with Crippen molar-refractivity contribution in [2.75, 3.05) is 18.9 Å². The Balaban J connectivity index is 1.49. The zero-order valence-electron chi connectivity index (χ0n) is 15.8. The van der Waals surface area contributed by atoms with Gasteiger partial charge >= 0.3 is 0 Å². The van der Waals surface area contributed by atoms with E-state index in [1.165, 1.54) is 11.3 Å². The molecular formula is C21H18N6O2. The molecule has 2 aromatic heterocycles. The molecule has 3 aliphatic heterocycles. The maximum atomic E-state index is 5.88. The number of allylic oxidation sites excluding steroid dienone is 1. The number of aliphatic imine (C=N–C) groups is 1. The van der Waals surface area contributed by atoms with Gasteiger partial charge in [-0.1, -0.05) is 0 Å². The lowest BCUT2D eigenvalue weighted by Gasteiger charge is -2.29. The monoisotopic (exact) mass is 386 g/mol. The molecule has 0 aliphatic carbocycles. The second kappa shape index (κ2) is 5.84. The van der Waals surface area contributed by atoms with Crippen molar-refractivity contribution >= 4 is 28.5 Å². The van der Waals surface area contributed by atoms with Gasteiger partial charge < -0.3 is 19.8 Å². The Labute approximate surface area is 166 Å². The largest absolute Gasteiger partial charge is 0.496 e. The smallest absolute Gasteiger partial charge is 0.292 e. The number of nitrogens with two attached hydrogens (primary N) is 1. The van der Waals surface area contributed by atoms with Gasteiger partial charge in [0.15, 0.2) is 5.58 Å². The number of ether oxygens (including phenoxy) is 1. The molecule has 144 valence electrons. The first-order chi connectivity index (χ1) is 14.2. The Morgan fingerprint density at radius 3 is 2.97 bits per heavy atom. The summed E-state index contributed by atoms with van der Waals surface area (Å²) < 4.78 is 13.1. The molecule has 0 radical (unpaired) electrons. The van der Waals surface area contributed by atoms with Crippen molar-refractivity contribution in [2.45, 2.75) is 6.42 Å². The maximum Gasteiger partial charge on any atom is 0.292 e. The van der Waals surface area contributed by atoms with Gasteiger partial charge in [0.25, 0.3) is 6.01 Å². The van der Waals surface area contributed by atoms with Gasteiger partial charge in [0.05, 0.1) is 18.2 Å². The lowest BCUT2D eigenvalue weighted by molar-refractivity contribution is 0.281. The molecule has 1 aromatic carbocycles. The van der Waals surface area contributed by atoms with Crippen molar-refractivity contribution in [2.24, 2.45) is 12.0 Å². The number of nitrogens with zero attached hydrogens (tertiary/aromatic N) is 5. The van der Waals surface area contributed by atoms with Crippen LogP contribution in [0.4, 0.5) is 6.01 Å². The molecule has 8 nitrogen and oxygen atoms in total. The van der Waals surface area contributed by atoms with Crippen molar-refractivity contribution in [1.29, 1.82) is 0 Å². The van der Waals surface area contributed by atoms with Crippen LogP contribution in [-0.4, -0.2) is 38.7 Å². The van der Waals surface area contributed by atoms with Crippen LogP contribution in [-0.2, 0) is 11.8 Å². The van der Waals surface area contributed by atoms with Crippen LogP contribution < -0.4 is 5.73 Å². The average molecular weight is 386 g/mol. The number of fused-ring (bicyclic) bond motifs is 1. The summed E-state index contributed by atoms with van der Waals surface area (Å²) in [5.74, 6) is 0.898. The highest BCUT2D eigenvalue weighted by Crippen LogP contribution is 2.41. The van der Waals surface area contributed by atoms with Gasteiger partial charge in [0, 0.05) is 48.3 Å². The number of anilines is 1. The predicted octanol–water partition coefficient (Wildman–Crippen LogP) is 2.82. The van der Waals surface area contributed by atoms with Crippen LogP contribution in [0.25, 0.3) is 16.7 Å². The number of aromatic nitrogens is 3. The molecule has 3 aliphatic rings. The third-order valence-electron chi connectivity index (χ3n) is 5.50. The molecule has 2 N–H and O–H groups in total. The van der Waals surface area contributed by atoms with Crippen molar-refractivity contribution in [3.8, 4) is 0 Å². The number of amidine groups is 1. The summed E-state index contributed by atoms with van der Waals surface area (Å²) in [7, 11) is 1.91. The normalized spacial score (nSPS) is 18.2. The van der Waals surface area contributed by atoms with Gasteiger partial charge in [-0.2, -0.15) is 10.1 Å². The van der Waals surface area contributed by atoms with E-state index in [9.17, 15) is 0 Å².